The summed E-state index contributed by atoms with van der Waals surface area (Å²) in [5, 5.41) is 9.18. The van der Waals surface area contributed by atoms with Crippen molar-refractivity contribution < 1.29 is 19.1 Å². The summed E-state index contributed by atoms with van der Waals surface area (Å²) in [5.74, 6) is 0.0357. The Labute approximate surface area is 223 Å². The van der Waals surface area contributed by atoms with E-state index >= 15 is 0 Å². The number of nitrogens with zero attached hydrogens (tertiary/aromatic N) is 4. The van der Waals surface area contributed by atoms with Crippen molar-refractivity contribution >= 4 is 33.6 Å². The minimum absolute atomic E-state index is 0.0357. The fourth-order valence-electron chi connectivity index (χ4n) is 5.80. The number of hydrogen-bond acceptors (Lipinski definition) is 7. The van der Waals surface area contributed by atoms with Crippen molar-refractivity contribution in [1.82, 2.24) is 24.9 Å². The zero-order valence-electron chi connectivity index (χ0n) is 22.6. The molecule has 2 aliphatic heterocycles. The van der Waals surface area contributed by atoms with E-state index in [2.05, 4.69) is 14.9 Å². The number of nitrogens with one attached hydrogen (secondary N) is 1. The van der Waals surface area contributed by atoms with E-state index in [4.69, 9.17) is 14.6 Å². The van der Waals surface area contributed by atoms with Gasteiger partial charge in [0.1, 0.15) is 10.4 Å². The van der Waals surface area contributed by atoms with Crippen molar-refractivity contribution in [2.45, 2.75) is 89.9 Å². The molecule has 0 unspecified atom stereocenters. The number of fused-ring (bicyclic) bond motifs is 1. The highest BCUT2D eigenvalue weighted by atomic mass is 32.1. The minimum atomic E-state index is -0.461. The molecule has 0 spiro atoms. The van der Waals surface area contributed by atoms with E-state index in [1.165, 1.54) is 0 Å². The molecule has 2 aromatic heterocycles. The molecule has 204 valence electrons. The second kappa shape index (κ2) is 10.9. The standard InChI is InChI=1S/C27H41N5O4S/c1-18-22-17-23(37-25(22)32(29-18)21-9-15-35-16-10-21)24(33)28-19-5-7-20(8-6-19)30-11-13-31(14-12-30)26(34)36-27(2,3)4/h17,19-21H,5-16H2,1-4H3,(H,28,33)/t19-,20-. The molecular weight excluding hydrogens is 490 g/mol. The molecule has 4 heterocycles. The highest BCUT2D eigenvalue weighted by Gasteiger charge is 2.32. The van der Waals surface area contributed by atoms with E-state index in [0.717, 1.165) is 85.6 Å². The molecule has 2 saturated heterocycles. The average molecular weight is 532 g/mol. The molecule has 1 aliphatic carbocycles. The van der Waals surface area contributed by atoms with Gasteiger partial charge in [-0.25, -0.2) is 4.79 Å². The molecule has 1 saturated carbocycles. The van der Waals surface area contributed by atoms with Crippen molar-refractivity contribution in [2.24, 2.45) is 0 Å². The summed E-state index contributed by atoms with van der Waals surface area (Å²) in [6.45, 7) is 12.5. The number of aryl methyl sites for hydroxylation is 1. The van der Waals surface area contributed by atoms with Gasteiger partial charge in [0.05, 0.1) is 16.6 Å². The van der Waals surface area contributed by atoms with Crippen molar-refractivity contribution in [2.75, 3.05) is 39.4 Å². The summed E-state index contributed by atoms with van der Waals surface area (Å²) >= 11 is 1.56. The molecule has 2 aromatic rings. The third-order valence-electron chi connectivity index (χ3n) is 7.84. The molecule has 0 radical (unpaired) electrons. The van der Waals surface area contributed by atoms with Crippen LogP contribution in [0.3, 0.4) is 0 Å². The maximum atomic E-state index is 13.2. The summed E-state index contributed by atoms with van der Waals surface area (Å²) in [6, 6.07) is 3.10. The lowest BCUT2D eigenvalue weighted by molar-refractivity contribution is 0.00775. The van der Waals surface area contributed by atoms with Crippen molar-refractivity contribution in [3.63, 3.8) is 0 Å². The van der Waals surface area contributed by atoms with Crippen molar-refractivity contribution in [3.05, 3.63) is 16.6 Å². The van der Waals surface area contributed by atoms with E-state index in [9.17, 15) is 9.59 Å². The first kappa shape index (κ1) is 26.4. The largest absolute Gasteiger partial charge is 0.444 e. The maximum absolute atomic E-state index is 13.2. The van der Waals surface area contributed by atoms with Crippen molar-refractivity contribution in [1.29, 1.82) is 0 Å². The lowest BCUT2D eigenvalue weighted by atomic mass is 9.89. The van der Waals surface area contributed by atoms with Crippen LogP contribution in [0.4, 0.5) is 4.79 Å². The number of piperazine rings is 1. The van der Waals surface area contributed by atoms with E-state index in [1.807, 2.05) is 38.7 Å². The number of hydrogen-bond donors (Lipinski definition) is 1. The van der Waals surface area contributed by atoms with Crippen LogP contribution in [-0.4, -0.2) is 88.7 Å². The van der Waals surface area contributed by atoms with Crippen LogP contribution in [0, 0.1) is 6.92 Å². The van der Waals surface area contributed by atoms with Gasteiger partial charge in [0.2, 0.25) is 0 Å². The van der Waals surface area contributed by atoms with Crippen LogP contribution in [0.2, 0.25) is 0 Å². The van der Waals surface area contributed by atoms with E-state index in [-0.39, 0.29) is 18.0 Å². The van der Waals surface area contributed by atoms with Crippen LogP contribution in [0.1, 0.15) is 80.7 Å². The Morgan fingerprint density at radius 3 is 2.35 bits per heavy atom. The lowest BCUT2D eigenvalue weighted by Crippen LogP contribution is -2.54. The molecule has 3 aliphatic rings. The highest BCUT2D eigenvalue weighted by Crippen LogP contribution is 2.33. The number of rotatable bonds is 4. The maximum Gasteiger partial charge on any atom is 0.410 e. The van der Waals surface area contributed by atoms with Gasteiger partial charge in [0.25, 0.3) is 5.91 Å². The van der Waals surface area contributed by atoms with Gasteiger partial charge in [0, 0.05) is 56.9 Å². The van der Waals surface area contributed by atoms with Gasteiger partial charge >= 0.3 is 6.09 Å². The van der Waals surface area contributed by atoms with Gasteiger partial charge < -0.3 is 19.7 Å². The quantitative estimate of drug-likeness (QED) is 0.631. The number of carbonyl (C=O) groups is 2. The number of carbonyl (C=O) groups excluding carboxylic acids is 2. The van der Waals surface area contributed by atoms with Gasteiger partial charge in [-0.2, -0.15) is 5.10 Å². The topological polar surface area (TPSA) is 88.9 Å². The van der Waals surface area contributed by atoms with Crippen LogP contribution >= 0.6 is 11.3 Å². The zero-order valence-corrected chi connectivity index (χ0v) is 23.4. The second-order valence-electron chi connectivity index (χ2n) is 11.7. The minimum Gasteiger partial charge on any atom is -0.444 e. The Hall–Kier alpha value is -2.17. The SMILES string of the molecule is Cc1nn(C2CCOCC2)c2sc(C(=O)N[C@H]3CC[C@H](N4CCN(C(=O)OC(C)(C)C)CC4)CC3)cc12. The predicted molar refractivity (Wildman–Crippen MR) is 144 cm³/mol. The Balaban J connectivity index is 1.11. The molecule has 3 fully saturated rings. The third-order valence-corrected chi connectivity index (χ3v) is 8.97. The van der Waals surface area contributed by atoms with E-state index in [0.29, 0.717) is 25.2 Å². The Morgan fingerprint density at radius 2 is 1.70 bits per heavy atom. The van der Waals surface area contributed by atoms with Gasteiger partial charge in [-0.15, -0.1) is 11.3 Å². The first-order chi connectivity index (χ1) is 17.7. The summed E-state index contributed by atoms with van der Waals surface area (Å²) in [5.41, 5.74) is 0.528. The van der Waals surface area contributed by atoms with Gasteiger partial charge in [-0.1, -0.05) is 0 Å². The predicted octanol–water partition coefficient (Wildman–Crippen LogP) is 4.35. The zero-order chi connectivity index (χ0) is 26.2. The van der Waals surface area contributed by atoms with Crippen LogP contribution in [0.5, 0.6) is 0 Å². The number of ether oxygens (including phenoxy) is 2. The molecule has 1 N–H and O–H groups in total. The monoisotopic (exact) mass is 531 g/mol. The second-order valence-corrected chi connectivity index (χ2v) is 12.7. The molecule has 0 aromatic carbocycles. The molecule has 0 atom stereocenters. The first-order valence-electron chi connectivity index (χ1n) is 13.8. The average Bonchev–Trinajstić information content (AvgIpc) is 3.45. The van der Waals surface area contributed by atoms with Gasteiger partial charge in [0.15, 0.2) is 0 Å². The fourth-order valence-corrected chi connectivity index (χ4v) is 6.94. The Morgan fingerprint density at radius 1 is 1.03 bits per heavy atom. The fraction of sp³-hybridized carbons (Fsp3) is 0.741. The molecule has 10 heteroatoms. The summed E-state index contributed by atoms with van der Waals surface area (Å²) in [6.07, 6.45) is 5.84. The summed E-state index contributed by atoms with van der Waals surface area (Å²) in [4.78, 5) is 31.7. The lowest BCUT2D eigenvalue weighted by Gasteiger charge is -2.42. The van der Waals surface area contributed by atoms with Crippen LogP contribution in [-0.2, 0) is 9.47 Å². The van der Waals surface area contributed by atoms with Gasteiger partial charge in [-0.3, -0.25) is 14.4 Å². The van der Waals surface area contributed by atoms with Crippen LogP contribution in [0.25, 0.3) is 10.2 Å². The molecule has 2 amide bonds. The Kier molecular flexibility index (Phi) is 7.79. The normalized spacial score (nSPS) is 24.4. The summed E-state index contributed by atoms with van der Waals surface area (Å²) < 4.78 is 13.2. The first-order valence-corrected chi connectivity index (χ1v) is 14.6. The highest BCUT2D eigenvalue weighted by molar-refractivity contribution is 7.20. The molecule has 9 nitrogen and oxygen atoms in total. The van der Waals surface area contributed by atoms with Crippen LogP contribution in [0.15, 0.2) is 6.07 Å². The molecule has 0 bridgehead atoms. The molecular formula is C27H41N5O4S. The number of aromatic nitrogens is 2. The van der Waals surface area contributed by atoms with Crippen molar-refractivity contribution in [3.8, 4) is 0 Å². The van der Waals surface area contributed by atoms with E-state index in [1.54, 1.807) is 11.3 Å². The Bertz CT molecular complexity index is 1100. The van der Waals surface area contributed by atoms with Gasteiger partial charge in [-0.05, 0) is 72.3 Å². The third kappa shape index (κ3) is 6.12. The van der Waals surface area contributed by atoms with E-state index < -0.39 is 5.60 Å². The summed E-state index contributed by atoms with van der Waals surface area (Å²) in [7, 11) is 0. The number of thiophene rings is 1. The molecule has 37 heavy (non-hydrogen) atoms. The smallest absolute Gasteiger partial charge is 0.410 e. The van der Waals surface area contributed by atoms with Crippen LogP contribution < -0.4 is 5.32 Å². The number of amides is 2. The molecule has 5 rings (SSSR count).